The van der Waals surface area contributed by atoms with Crippen LogP contribution in [-0.4, -0.2) is 27.5 Å². The van der Waals surface area contributed by atoms with Crippen molar-refractivity contribution >= 4 is 17.5 Å². The van der Waals surface area contributed by atoms with E-state index >= 15 is 0 Å². The van der Waals surface area contributed by atoms with Crippen LogP contribution in [0.3, 0.4) is 0 Å². The number of nitro groups is 1. The number of hydrogen-bond donors (Lipinski definition) is 2. The summed E-state index contributed by atoms with van der Waals surface area (Å²) in [5.74, 6) is 5.72. The first-order chi connectivity index (χ1) is 8.74. The van der Waals surface area contributed by atoms with Crippen LogP contribution < -0.4 is 16.2 Å². The molecule has 19 heavy (non-hydrogen) atoms. The van der Waals surface area contributed by atoms with Gasteiger partial charge in [0.25, 0.3) is 0 Å². The summed E-state index contributed by atoms with van der Waals surface area (Å²) in [7, 11) is 1.78. The van der Waals surface area contributed by atoms with Gasteiger partial charge in [-0.3, -0.25) is 15.5 Å². The number of hydrogen-bond acceptors (Lipinski definition) is 7. The fourth-order valence-electron chi connectivity index (χ4n) is 1.59. The molecule has 0 bridgehead atoms. The van der Waals surface area contributed by atoms with E-state index < -0.39 is 4.92 Å². The Kier molecular flexibility index (Phi) is 4.25. The maximum atomic E-state index is 11.2. The minimum Gasteiger partial charge on any atom is -0.349 e. The van der Waals surface area contributed by atoms with Crippen LogP contribution in [0, 0.1) is 17.0 Å². The molecule has 8 nitrogen and oxygen atoms in total. The third kappa shape index (κ3) is 2.90. The van der Waals surface area contributed by atoms with Gasteiger partial charge in [0.15, 0.2) is 0 Å². The van der Waals surface area contributed by atoms with E-state index in [1.807, 2.05) is 20.8 Å². The van der Waals surface area contributed by atoms with E-state index in [-0.39, 0.29) is 28.7 Å². The Morgan fingerprint density at radius 3 is 2.47 bits per heavy atom. The molecule has 0 aliphatic carbocycles. The third-order valence-electron chi connectivity index (χ3n) is 3.44. The molecule has 106 valence electrons. The number of nitrogen functional groups attached to an aromatic ring is 1. The Morgan fingerprint density at radius 2 is 2.05 bits per heavy atom. The van der Waals surface area contributed by atoms with E-state index in [1.54, 1.807) is 18.9 Å². The number of hydrazine groups is 1. The Labute approximate surface area is 112 Å². The van der Waals surface area contributed by atoms with Gasteiger partial charge in [-0.1, -0.05) is 6.92 Å². The Balaban J connectivity index is 3.47. The average molecular weight is 268 g/mol. The molecule has 0 aliphatic rings. The summed E-state index contributed by atoms with van der Waals surface area (Å²) in [5.41, 5.74) is 2.25. The zero-order chi connectivity index (χ0) is 14.8. The topological polar surface area (TPSA) is 110 Å². The summed E-state index contributed by atoms with van der Waals surface area (Å²) >= 11 is 0. The molecule has 1 rings (SSSR count). The highest BCUT2D eigenvalue weighted by Crippen LogP contribution is 2.33. The Morgan fingerprint density at radius 1 is 1.47 bits per heavy atom. The predicted molar refractivity (Wildman–Crippen MR) is 74.0 cm³/mol. The van der Waals surface area contributed by atoms with Crippen molar-refractivity contribution in [2.45, 2.75) is 39.7 Å². The van der Waals surface area contributed by atoms with Crippen LogP contribution in [-0.2, 0) is 0 Å². The zero-order valence-corrected chi connectivity index (χ0v) is 11.9. The van der Waals surface area contributed by atoms with Crippen molar-refractivity contribution in [3.63, 3.8) is 0 Å². The van der Waals surface area contributed by atoms with Crippen LogP contribution in [0.4, 0.5) is 17.5 Å². The molecule has 0 aliphatic heterocycles. The van der Waals surface area contributed by atoms with Gasteiger partial charge in [-0.05, 0) is 27.2 Å². The van der Waals surface area contributed by atoms with Gasteiger partial charge in [0.1, 0.15) is 5.69 Å². The van der Waals surface area contributed by atoms with Gasteiger partial charge in [0.2, 0.25) is 11.8 Å². The molecule has 0 saturated carbocycles. The first kappa shape index (κ1) is 15.1. The molecule has 0 unspecified atom stereocenters. The number of nitrogens with zero attached hydrogens (tertiary/aromatic N) is 4. The molecular weight excluding hydrogens is 248 g/mol. The van der Waals surface area contributed by atoms with Gasteiger partial charge in [0.05, 0.1) is 4.92 Å². The van der Waals surface area contributed by atoms with E-state index in [4.69, 9.17) is 5.84 Å². The highest BCUT2D eigenvalue weighted by Gasteiger charge is 2.31. The minimum absolute atomic E-state index is 0.0944. The largest absolute Gasteiger partial charge is 0.349 e. The van der Waals surface area contributed by atoms with E-state index in [2.05, 4.69) is 15.4 Å². The normalized spacial score (nSPS) is 11.3. The van der Waals surface area contributed by atoms with Crippen molar-refractivity contribution in [1.29, 1.82) is 0 Å². The van der Waals surface area contributed by atoms with Gasteiger partial charge in [-0.2, -0.15) is 4.98 Å². The van der Waals surface area contributed by atoms with Crippen molar-refractivity contribution in [2.24, 2.45) is 5.84 Å². The van der Waals surface area contributed by atoms with Crippen LogP contribution >= 0.6 is 0 Å². The summed E-state index contributed by atoms with van der Waals surface area (Å²) in [5, 5.41) is 11.2. The maximum Gasteiger partial charge on any atom is 0.332 e. The molecule has 1 heterocycles. The summed E-state index contributed by atoms with van der Waals surface area (Å²) in [6, 6.07) is 0. The molecule has 1 aromatic rings. The van der Waals surface area contributed by atoms with Gasteiger partial charge >= 0.3 is 5.69 Å². The summed E-state index contributed by atoms with van der Waals surface area (Å²) in [4.78, 5) is 20.6. The number of nitrogens with one attached hydrogen (secondary N) is 1. The summed E-state index contributed by atoms with van der Waals surface area (Å²) < 4.78 is 0. The molecule has 0 amide bonds. The smallest absolute Gasteiger partial charge is 0.332 e. The van der Waals surface area contributed by atoms with Crippen molar-refractivity contribution in [1.82, 2.24) is 9.97 Å². The zero-order valence-electron chi connectivity index (χ0n) is 11.9. The molecule has 0 fully saturated rings. The lowest BCUT2D eigenvalue weighted by Crippen LogP contribution is -2.41. The second-order valence-corrected chi connectivity index (χ2v) is 4.93. The highest BCUT2D eigenvalue weighted by atomic mass is 16.6. The number of aromatic nitrogens is 2. The van der Waals surface area contributed by atoms with Crippen molar-refractivity contribution < 1.29 is 4.92 Å². The molecular formula is C11H20N6O2. The number of aryl methyl sites for hydroxylation is 1. The number of anilines is 2. The Bertz CT molecular complexity index is 488. The molecule has 0 aromatic carbocycles. The van der Waals surface area contributed by atoms with Gasteiger partial charge in [-0.15, -0.1) is 0 Å². The van der Waals surface area contributed by atoms with Crippen LogP contribution in [0.15, 0.2) is 0 Å². The van der Waals surface area contributed by atoms with Crippen LogP contribution in [0.2, 0.25) is 0 Å². The monoisotopic (exact) mass is 268 g/mol. The van der Waals surface area contributed by atoms with E-state index in [0.717, 1.165) is 6.42 Å². The maximum absolute atomic E-state index is 11.2. The molecule has 0 atom stereocenters. The van der Waals surface area contributed by atoms with Crippen LogP contribution in [0.5, 0.6) is 0 Å². The van der Waals surface area contributed by atoms with Crippen molar-refractivity contribution in [2.75, 3.05) is 17.4 Å². The SMILES string of the molecule is CCC(C)(C)N(C)c1nc(NN)nc(C)c1[N+](=O)[O-]. The van der Waals surface area contributed by atoms with Crippen LogP contribution in [0.25, 0.3) is 0 Å². The molecule has 3 N–H and O–H groups in total. The van der Waals surface area contributed by atoms with Gasteiger partial charge in [-0.25, -0.2) is 10.8 Å². The first-order valence-electron chi connectivity index (χ1n) is 5.98. The number of nitrogens with two attached hydrogens (primary N) is 1. The van der Waals surface area contributed by atoms with Gasteiger partial charge < -0.3 is 4.90 Å². The van der Waals surface area contributed by atoms with E-state index in [0.29, 0.717) is 0 Å². The first-order valence-corrected chi connectivity index (χ1v) is 5.98. The standard InChI is InChI=1S/C11H20N6O2/c1-6-11(3,4)16(5)9-8(17(18)19)7(2)13-10(14-9)15-12/h6,12H2,1-5H3,(H,13,14,15). The fourth-order valence-corrected chi connectivity index (χ4v) is 1.59. The molecule has 0 radical (unpaired) electrons. The van der Waals surface area contributed by atoms with E-state index in [9.17, 15) is 10.1 Å². The molecule has 1 aromatic heterocycles. The summed E-state index contributed by atoms with van der Waals surface area (Å²) in [6.07, 6.45) is 0.815. The quantitative estimate of drug-likeness (QED) is 0.474. The molecule has 8 heteroatoms. The average Bonchev–Trinajstić information content (AvgIpc) is 2.36. The second kappa shape index (κ2) is 5.35. The molecule has 0 saturated heterocycles. The lowest BCUT2D eigenvalue weighted by Gasteiger charge is -2.35. The fraction of sp³-hybridized carbons (Fsp3) is 0.636. The predicted octanol–water partition coefficient (Wildman–Crippen LogP) is 1.60. The van der Waals surface area contributed by atoms with Gasteiger partial charge in [0, 0.05) is 12.6 Å². The minimum atomic E-state index is -0.465. The van der Waals surface area contributed by atoms with E-state index in [1.165, 1.54) is 0 Å². The third-order valence-corrected chi connectivity index (χ3v) is 3.44. The lowest BCUT2D eigenvalue weighted by molar-refractivity contribution is -0.385. The van der Waals surface area contributed by atoms with Crippen molar-refractivity contribution in [3.8, 4) is 0 Å². The van der Waals surface area contributed by atoms with Crippen molar-refractivity contribution in [3.05, 3.63) is 15.8 Å². The second-order valence-electron chi connectivity index (χ2n) is 4.93. The van der Waals surface area contributed by atoms with Crippen LogP contribution in [0.1, 0.15) is 32.9 Å². The number of rotatable bonds is 5. The highest BCUT2D eigenvalue weighted by molar-refractivity contribution is 5.63. The lowest BCUT2D eigenvalue weighted by atomic mass is 10.00. The Hall–Kier alpha value is -1.96. The summed E-state index contributed by atoms with van der Waals surface area (Å²) in [6.45, 7) is 7.56. The molecule has 0 spiro atoms.